The van der Waals surface area contributed by atoms with Gasteiger partial charge in [-0.3, -0.25) is 4.79 Å². The number of rotatable bonds is 2. The van der Waals surface area contributed by atoms with Crippen molar-refractivity contribution < 1.29 is 14.3 Å². The van der Waals surface area contributed by atoms with Gasteiger partial charge < -0.3 is 9.52 Å². The van der Waals surface area contributed by atoms with Crippen molar-refractivity contribution >= 4 is 39.7 Å². The van der Waals surface area contributed by atoms with Crippen LogP contribution >= 0.6 is 22.6 Å². The number of benzene rings is 1. The molecule has 0 aliphatic rings. The van der Waals surface area contributed by atoms with Crippen LogP contribution in [0.1, 0.15) is 5.89 Å². The van der Waals surface area contributed by atoms with Crippen LogP contribution in [0.25, 0.3) is 11.1 Å². The third kappa shape index (κ3) is 1.87. The standard InChI is InChI=1S/C9H6INO3/c10-5-1-2-7-6(3-5)11-8(14-7)4-9(12)13/h1-3H,4H2,(H,12,13). The SMILES string of the molecule is O=C(O)Cc1nc2cc(I)ccc2o1. The van der Waals surface area contributed by atoms with Crippen molar-refractivity contribution in [1.29, 1.82) is 0 Å². The van der Waals surface area contributed by atoms with E-state index in [2.05, 4.69) is 27.6 Å². The summed E-state index contributed by atoms with van der Waals surface area (Å²) in [7, 11) is 0. The van der Waals surface area contributed by atoms with Crippen LogP contribution in [0.3, 0.4) is 0 Å². The molecular formula is C9H6INO3. The molecule has 0 aliphatic heterocycles. The Balaban J connectivity index is 2.46. The third-order valence-corrected chi connectivity index (χ3v) is 2.37. The minimum Gasteiger partial charge on any atom is -0.481 e. The highest BCUT2D eigenvalue weighted by atomic mass is 127. The number of oxazole rings is 1. The smallest absolute Gasteiger partial charge is 0.312 e. The summed E-state index contributed by atoms with van der Waals surface area (Å²) in [6.45, 7) is 0. The topological polar surface area (TPSA) is 63.3 Å². The van der Waals surface area contributed by atoms with Gasteiger partial charge in [0.25, 0.3) is 0 Å². The molecule has 0 spiro atoms. The molecule has 5 heteroatoms. The molecule has 0 radical (unpaired) electrons. The van der Waals surface area contributed by atoms with Gasteiger partial charge in [-0.2, -0.15) is 0 Å². The van der Waals surface area contributed by atoms with Crippen LogP contribution in [0.15, 0.2) is 22.6 Å². The summed E-state index contributed by atoms with van der Waals surface area (Å²) in [6, 6.07) is 5.53. The van der Waals surface area contributed by atoms with Gasteiger partial charge in [0.15, 0.2) is 5.58 Å². The summed E-state index contributed by atoms with van der Waals surface area (Å²) in [5, 5.41) is 8.55. The molecule has 0 saturated carbocycles. The molecule has 0 fully saturated rings. The number of aromatic nitrogens is 1. The van der Waals surface area contributed by atoms with Crippen molar-refractivity contribution in [2.24, 2.45) is 0 Å². The van der Waals surface area contributed by atoms with E-state index in [1.807, 2.05) is 12.1 Å². The molecule has 0 bridgehead atoms. The summed E-state index contributed by atoms with van der Waals surface area (Å²) in [4.78, 5) is 14.5. The zero-order chi connectivity index (χ0) is 10.1. The fraction of sp³-hybridized carbons (Fsp3) is 0.111. The Bertz CT molecular complexity index is 492. The Morgan fingerprint density at radius 3 is 3.07 bits per heavy atom. The highest BCUT2D eigenvalue weighted by Gasteiger charge is 2.09. The van der Waals surface area contributed by atoms with Gasteiger partial charge in [0.05, 0.1) is 0 Å². The van der Waals surface area contributed by atoms with Crippen LogP contribution in [0.4, 0.5) is 0 Å². The van der Waals surface area contributed by atoms with Gasteiger partial charge >= 0.3 is 5.97 Å². The minimum atomic E-state index is -0.939. The molecule has 1 heterocycles. The van der Waals surface area contributed by atoms with Crippen molar-refractivity contribution in [2.45, 2.75) is 6.42 Å². The molecule has 14 heavy (non-hydrogen) atoms. The number of nitrogens with zero attached hydrogens (tertiary/aromatic N) is 1. The summed E-state index contributed by atoms with van der Waals surface area (Å²) >= 11 is 2.16. The molecule has 1 aromatic heterocycles. The van der Waals surface area contributed by atoms with Crippen molar-refractivity contribution in [3.05, 3.63) is 27.7 Å². The molecule has 4 nitrogen and oxygen atoms in total. The lowest BCUT2D eigenvalue weighted by atomic mass is 10.3. The van der Waals surface area contributed by atoms with Crippen molar-refractivity contribution in [1.82, 2.24) is 4.98 Å². The van der Waals surface area contributed by atoms with Gasteiger partial charge in [0.1, 0.15) is 11.9 Å². The van der Waals surface area contributed by atoms with Gasteiger partial charge in [0.2, 0.25) is 5.89 Å². The van der Waals surface area contributed by atoms with E-state index in [-0.39, 0.29) is 12.3 Å². The Morgan fingerprint density at radius 1 is 1.57 bits per heavy atom. The van der Waals surface area contributed by atoms with E-state index < -0.39 is 5.97 Å². The van der Waals surface area contributed by atoms with Crippen LogP contribution in [0.2, 0.25) is 0 Å². The first-order chi connectivity index (χ1) is 6.65. The van der Waals surface area contributed by atoms with E-state index in [1.165, 1.54) is 0 Å². The van der Waals surface area contributed by atoms with Gasteiger partial charge in [-0.15, -0.1) is 0 Å². The van der Waals surface area contributed by atoms with E-state index in [1.54, 1.807) is 6.07 Å². The first kappa shape index (κ1) is 9.45. The van der Waals surface area contributed by atoms with E-state index >= 15 is 0 Å². The second kappa shape index (κ2) is 3.56. The molecule has 0 saturated heterocycles. The van der Waals surface area contributed by atoms with Crippen LogP contribution in [-0.4, -0.2) is 16.1 Å². The quantitative estimate of drug-likeness (QED) is 0.863. The van der Waals surface area contributed by atoms with Crippen LogP contribution < -0.4 is 0 Å². The highest BCUT2D eigenvalue weighted by Crippen LogP contribution is 2.18. The van der Waals surface area contributed by atoms with Crippen molar-refractivity contribution in [3.8, 4) is 0 Å². The number of hydrogen-bond donors (Lipinski definition) is 1. The lowest BCUT2D eigenvalue weighted by Gasteiger charge is -1.86. The fourth-order valence-electron chi connectivity index (χ4n) is 1.15. The average Bonchev–Trinajstić information content (AvgIpc) is 2.44. The number of fused-ring (bicyclic) bond motifs is 1. The van der Waals surface area contributed by atoms with Crippen LogP contribution in [0, 0.1) is 3.57 Å². The third-order valence-electron chi connectivity index (χ3n) is 1.70. The van der Waals surface area contributed by atoms with E-state index in [9.17, 15) is 4.79 Å². The molecule has 0 unspecified atom stereocenters. The van der Waals surface area contributed by atoms with Gasteiger partial charge in [-0.05, 0) is 40.8 Å². The highest BCUT2D eigenvalue weighted by molar-refractivity contribution is 14.1. The maximum Gasteiger partial charge on any atom is 0.312 e. The Hall–Kier alpha value is -1.11. The normalized spacial score (nSPS) is 10.6. The number of carbonyl (C=O) groups is 1. The number of halogens is 1. The summed E-state index contributed by atoms with van der Waals surface area (Å²) < 4.78 is 6.29. The predicted molar refractivity (Wildman–Crippen MR) is 58.1 cm³/mol. The maximum atomic E-state index is 10.4. The molecule has 0 atom stereocenters. The molecule has 72 valence electrons. The number of carboxylic acid groups (broad SMARTS) is 1. The van der Waals surface area contributed by atoms with Crippen LogP contribution in [0.5, 0.6) is 0 Å². The minimum absolute atomic E-state index is 0.175. The lowest BCUT2D eigenvalue weighted by molar-refractivity contribution is -0.136. The number of aliphatic carboxylic acids is 1. The van der Waals surface area contributed by atoms with Gasteiger partial charge in [-0.1, -0.05) is 0 Å². The molecule has 0 amide bonds. The lowest BCUT2D eigenvalue weighted by Crippen LogP contribution is -1.99. The first-order valence-corrected chi connectivity index (χ1v) is 5.00. The van der Waals surface area contributed by atoms with Gasteiger partial charge in [0, 0.05) is 3.57 Å². The summed E-state index contributed by atoms with van der Waals surface area (Å²) in [5.41, 5.74) is 1.33. The predicted octanol–water partition coefficient (Wildman–Crippen LogP) is 2.06. The number of hydrogen-bond acceptors (Lipinski definition) is 3. The molecule has 1 aromatic carbocycles. The Labute approximate surface area is 93.1 Å². The molecule has 0 aliphatic carbocycles. The fourth-order valence-corrected chi connectivity index (χ4v) is 1.63. The van der Waals surface area contributed by atoms with E-state index in [0.29, 0.717) is 11.1 Å². The average molecular weight is 303 g/mol. The maximum absolute atomic E-state index is 10.4. The van der Waals surface area contributed by atoms with Crippen LogP contribution in [-0.2, 0) is 11.2 Å². The van der Waals surface area contributed by atoms with Gasteiger partial charge in [-0.25, -0.2) is 4.98 Å². The first-order valence-electron chi connectivity index (χ1n) is 3.92. The largest absolute Gasteiger partial charge is 0.481 e. The molecule has 1 N–H and O–H groups in total. The van der Waals surface area contributed by atoms with E-state index in [4.69, 9.17) is 9.52 Å². The second-order valence-corrected chi connectivity index (χ2v) is 4.04. The molecular weight excluding hydrogens is 297 g/mol. The zero-order valence-electron chi connectivity index (χ0n) is 7.03. The number of carboxylic acids is 1. The molecule has 2 aromatic rings. The summed E-state index contributed by atoms with van der Waals surface area (Å²) in [6.07, 6.45) is -0.175. The zero-order valence-corrected chi connectivity index (χ0v) is 9.19. The summed E-state index contributed by atoms with van der Waals surface area (Å²) in [5.74, 6) is -0.694. The Kier molecular flexibility index (Phi) is 2.40. The monoisotopic (exact) mass is 303 g/mol. The second-order valence-electron chi connectivity index (χ2n) is 2.79. The van der Waals surface area contributed by atoms with Crippen molar-refractivity contribution in [2.75, 3.05) is 0 Å². The Morgan fingerprint density at radius 2 is 2.36 bits per heavy atom. The van der Waals surface area contributed by atoms with Crippen molar-refractivity contribution in [3.63, 3.8) is 0 Å². The molecule has 2 rings (SSSR count). The van der Waals surface area contributed by atoms with E-state index in [0.717, 1.165) is 3.57 Å².